The monoisotopic (exact) mass is 294 g/mol. The predicted molar refractivity (Wildman–Crippen MR) is 67.9 cm³/mol. The lowest BCUT2D eigenvalue weighted by Crippen LogP contribution is -2.12. The molecule has 0 amide bonds. The van der Waals surface area contributed by atoms with Gasteiger partial charge in [-0.25, -0.2) is 4.39 Å². The van der Waals surface area contributed by atoms with Crippen molar-refractivity contribution in [2.75, 3.05) is 0 Å². The third-order valence-electron chi connectivity index (χ3n) is 2.67. The second kappa shape index (κ2) is 5.01. The van der Waals surface area contributed by atoms with Gasteiger partial charge in [-0.2, -0.15) is 4.80 Å². The minimum atomic E-state index is -0.509. The number of fused-ring (bicyclic) bond motifs is 1. The van der Waals surface area contributed by atoms with Crippen LogP contribution in [-0.4, -0.2) is 26.0 Å². The number of nitrogens with zero attached hydrogens (tertiary/aromatic N) is 4. The molecule has 102 valence electrons. The van der Waals surface area contributed by atoms with Crippen LogP contribution < -0.4 is 0 Å². The average Bonchev–Trinajstić information content (AvgIpc) is 3.05. The summed E-state index contributed by atoms with van der Waals surface area (Å²) < 4.78 is 18.7. The van der Waals surface area contributed by atoms with Crippen molar-refractivity contribution in [3.05, 3.63) is 41.7 Å². The summed E-state index contributed by atoms with van der Waals surface area (Å²) in [6.07, 6.45) is 0. The molecule has 3 rings (SSSR count). The number of halogens is 2. The van der Waals surface area contributed by atoms with Crippen molar-refractivity contribution >= 4 is 28.4 Å². The molecular weight excluding hydrogens is 287 g/mol. The van der Waals surface area contributed by atoms with E-state index in [0.29, 0.717) is 11.2 Å². The second-order valence-electron chi connectivity index (χ2n) is 4.06. The minimum absolute atomic E-state index is 0.0508. The van der Waals surface area contributed by atoms with Crippen LogP contribution in [0, 0.1) is 5.82 Å². The molecule has 8 heteroatoms. The van der Waals surface area contributed by atoms with E-state index in [1.807, 2.05) is 0 Å². The first-order chi connectivity index (χ1) is 9.67. The van der Waals surface area contributed by atoms with Crippen LogP contribution in [0.5, 0.6) is 0 Å². The van der Waals surface area contributed by atoms with Crippen LogP contribution in [0.1, 0.15) is 16.4 Å². The van der Waals surface area contributed by atoms with Gasteiger partial charge in [0.05, 0.1) is 5.88 Å². The van der Waals surface area contributed by atoms with Crippen LogP contribution >= 0.6 is 11.6 Å². The van der Waals surface area contributed by atoms with Gasteiger partial charge in [-0.15, -0.1) is 21.8 Å². The molecule has 0 unspecified atom stereocenters. The highest BCUT2D eigenvalue weighted by Gasteiger charge is 2.16. The normalized spacial score (nSPS) is 11.1. The number of carbonyl (C=O) groups is 1. The molecule has 2 aromatic heterocycles. The van der Waals surface area contributed by atoms with Gasteiger partial charge in [0, 0.05) is 5.39 Å². The zero-order chi connectivity index (χ0) is 14.1. The standard InChI is InChI=1S/C12H8ClFN4O2/c13-5-11-15-17-18(16-11)6-9(19)10-4-7-2-1-3-8(14)12(7)20-10/h1-4H,5-6H2. The van der Waals surface area contributed by atoms with E-state index in [4.69, 9.17) is 16.0 Å². The summed E-state index contributed by atoms with van der Waals surface area (Å²) >= 11 is 5.54. The Bertz CT molecular complexity index is 783. The molecule has 0 saturated carbocycles. The maximum atomic E-state index is 13.5. The summed E-state index contributed by atoms with van der Waals surface area (Å²) in [5, 5.41) is 11.7. The third kappa shape index (κ3) is 2.27. The highest BCUT2D eigenvalue weighted by Crippen LogP contribution is 2.22. The largest absolute Gasteiger partial charge is 0.450 e. The highest BCUT2D eigenvalue weighted by atomic mass is 35.5. The fourth-order valence-electron chi connectivity index (χ4n) is 1.77. The van der Waals surface area contributed by atoms with Crippen LogP contribution in [-0.2, 0) is 12.4 Å². The van der Waals surface area contributed by atoms with Gasteiger partial charge in [0.15, 0.2) is 23.0 Å². The Hall–Kier alpha value is -2.28. The van der Waals surface area contributed by atoms with Crippen LogP contribution in [0.2, 0.25) is 0 Å². The summed E-state index contributed by atoms with van der Waals surface area (Å²) in [5.74, 6) is -0.391. The second-order valence-corrected chi connectivity index (χ2v) is 4.33. The number of hydrogen-bond donors (Lipinski definition) is 0. The number of furan rings is 1. The fourth-order valence-corrected chi connectivity index (χ4v) is 1.88. The molecule has 20 heavy (non-hydrogen) atoms. The van der Waals surface area contributed by atoms with Crippen molar-refractivity contribution in [2.45, 2.75) is 12.4 Å². The first kappa shape index (κ1) is 12.7. The van der Waals surface area contributed by atoms with Gasteiger partial charge >= 0.3 is 0 Å². The Balaban J connectivity index is 1.86. The van der Waals surface area contributed by atoms with E-state index in [1.165, 1.54) is 12.1 Å². The predicted octanol–water partition coefficient (Wildman–Crippen LogP) is 2.18. The van der Waals surface area contributed by atoms with Crippen molar-refractivity contribution in [3.8, 4) is 0 Å². The summed E-state index contributed by atoms with van der Waals surface area (Å²) in [7, 11) is 0. The van der Waals surface area contributed by atoms with Gasteiger partial charge in [-0.1, -0.05) is 12.1 Å². The number of para-hydroxylation sites is 1. The lowest BCUT2D eigenvalue weighted by Gasteiger charge is -1.94. The number of benzene rings is 1. The smallest absolute Gasteiger partial charge is 0.221 e. The van der Waals surface area contributed by atoms with Crippen molar-refractivity contribution < 1.29 is 13.6 Å². The maximum Gasteiger partial charge on any atom is 0.221 e. The summed E-state index contributed by atoms with van der Waals surface area (Å²) in [5.41, 5.74) is 0.0591. The Morgan fingerprint density at radius 1 is 1.45 bits per heavy atom. The van der Waals surface area contributed by atoms with E-state index in [9.17, 15) is 9.18 Å². The first-order valence-corrected chi connectivity index (χ1v) is 6.25. The summed E-state index contributed by atoms with van der Waals surface area (Å²) in [6.45, 7) is -0.147. The molecule has 2 heterocycles. The molecule has 3 aromatic rings. The number of alkyl halides is 1. The minimum Gasteiger partial charge on any atom is -0.450 e. The molecule has 0 fully saturated rings. The summed E-state index contributed by atoms with van der Waals surface area (Å²) in [4.78, 5) is 13.1. The highest BCUT2D eigenvalue weighted by molar-refractivity contribution is 6.16. The number of ketones is 1. The first-order valence-electron chi connectivity index (χ1n) is 5.71. The van der Waals surface area contributed by atoms with Gasteiger partial charge in [-0.05, 0) is 17.3 Å². The van der Waals surface area contributed by atoms with E-state index in [2.05, 4.69) is 15.4 Å². The number of tetrazole rings is 1. The fraction of sp³-hybridized carbons (Fsp3) is 0.167. The SMILES string of the molecule is O=C(Cn1nnc(CCl)n1)c1cc2cccc(F)c2o1. The van der Waals surface area contributed by atoms with Crippen molar-refractivity contribution in [1.29, 1.82) is 0 Å². The lowest BCUT2D eigenvalue weighted by atomic mass is 10.2. The number of hydrogen-bond acceptors (Lipinski definition) is 5. The Morgan fingerprint density at radius 3 is 3.00 bits per heavy atom. The van der Waals surface area contributed by atoms with Crippen molar-refractivity contribution in [3.63, 3.8) is 0 Å². The van der Waals surface area contributed by atoms with Gasteiger partial charge < -0.3 is 4.42 Å². The molecule has 0 atom stereocenters. The lowest BCUT2D eigenvalue weighted by molar-refractivity contribution is 0.0936. The van der Waals surface area contributed by atoms with E-state index < -0.39 is 5.82 Å². The van der Waals surface area contributed by atoms with E-state index in [1.54, 1.807) is 12.1 Å². The Labute approximate surface area is 117 Å². The van der Waals surface area contributed by atoms with Gasteiger partial charge in [0.25, 0.3) is 0 Å². The zero-order valence-electron chi connectivity index (χ0n) is 10.1. The molecule has 0 aliphatic rings. The number of rotatable bonds is 4. The maximum absolute atomic E-state index is 13.5. The summed E-state index contributed by atoms with van der Waals surface area (Å²) in [6, 6.07) is 5.97. The molecule has 0 saturated heterocycles. The zero-order valence-corrected chi connectivity index (χ0v) is 10.8. The van der Waals surface area contributed by atoms with Crippen molar-refractivity contribution in [1.82, 2.24) is 20.2 Å². The quantitative estimate of drug-likeness (QED) is 0.544. The molecule has 0 N–H and O–H groups in total. The number of Topliss-reactive ketones (excluding diaryl/α,β-unsaturated/α-hetero) is 1. The van der Waals surface area contributed by atoms with E-state index >= 15 is 0 Å². The van der Waals surface area contributed by atoms with Crippen molar-refractivity contribution in [2.24, 2.45) is 0 Å². The van der Waals surface area contributed by atoms with E-state index in [-0.39, 0.29) is 29.6 Å². The Morgan fingerprint density at radius 2 is 2.30 bits per heavy atom. The molecular formula is C12H8ClFN4O2. The number of carbonyl (C=O) groups excluding carboxylic acids is 1. The molecule has 0 radical (unpaired) electrons. The molecule has 0 bridgehead atoms. The van der Waals surface area contributed by atoms with Crippen LogP contribution in [0.4, 0.5) is 4.39 Å². The molecule has 0 aliphatic carbocycles. The van der Waals surface area contributed by atoms with Crippen LogP contribution in [0.25, 0.3) is 11.0 Å². The van der Waals surface area contributed by atoms with E-state index in [0.717, 1.165) is 4.80 Å². The average molecular weight is 295 g/mol. The molecule has 0 aliphatic heterocycles. The van der Waals surface area contributed by atoms with Gasteiger partial charge in [0.2, 0.25) is 5.78 Å². The Kier molecular flexibility index (Phi) is 3.19. The topological polar surface area (TPSA) is 73.8 Å². The molecule has 6 nitrogen and oxygen atoms in total. The molecule has 0 spiro atoms. The van der Waals surface area contributed by atoms with Gasteiger partial charge in [-0.3, -0.25) is 4.79 Å². The van der Waals surface area contributed by atoms with Crippen LogP contribution in [0.3, 0.4) is 0 Å². The third-order valence-corrected chi connectivity index (χ3v) is 2.91. The number of aromatic nitrogens is 4. The molecule has 1 aromatic carbocycles. The van der Waals surface area contributed by atoms with Gasteiger partial charge in [0.1, 0.15) is 6.54 Å². The van der Waals surface area contributed by atoms with Crippen LogP contribution in [0.15, 0.2) is 28.7 Å².